The standard InChI is InChI=1S/C20H21NO5S/c1-3-4-17(12-21-27(22,23)24)16-9-10-18-19(11-16)25-13-20(26-18)15-7-5-14(2)6-8-15/h5-11,17,20-21H,12-13H2,1-2H3,(H,22,23,24). The monoisotopic (exact) mass is 387 g/mol. The minimum absolute atomic E-state index is 0.0364. The summed E-state index contributed by atoms with van der Waals surface area (Å²) >= 11 is 0. The number of fused-ring (bicyclic) bond motifs is 1. The van der Waals surface area contributed by atoms with Crippen molar-refractivity contribution in [2.24, 2.45) is 0 Å². The normalized spacial score (nSPS) is 16.9. The molecule has 2 N–H and O–H groups in total. The summed E-state index contributed by atoms with van der Waals surface area (Å²) in [4.78, 5) is 0. The van der Waals surface area contributed by atoms with Gasteiger partial charge in [0.05, 0.1) is 5.92 Å². The van der Waals surface area contributed by atoms with Gasteiger partial charge < -0.3 is 9.47 Å². The molecule has 27 heavy (non-hydrogen) atoms. The van der Waals surface area contributed by atoms with Gasteiger partial charge in [0.15, 0.2) is 17.6 Å². The second kappa shape index (κ2) is 8.01. The smallest absolute Gasteiger partial charge is 0.333 e. The second-order valence-corrected chi connectivity index (χ2v) is 7.54. The summed E-state index contributed by atoms with van der Waals surface area (Å²) in [6, 6.07) is 13.5. The molecule has 2 unspecified atom stereocenters. The van der Waals surface area contributed by atoms with E-state index in [9.17, 15) is 8.42 Å². The highest BCUT2D eigenvalue weighted by atomic mass is 32.2. The van der Waals surface area contributed by atoms with Gasteiger partial charge in [0.25, 0.3) is 0 Å². The van der Waals surface area contributed by atoms with Crippen LogP contribution in [0.5, 0.6) is 11.5 Å². The van der Waals surface area contributed by atoms with Crippen LogP contribution in [0.1, 0.15) is 35.6 Å². The van der Waals surface area contributed by atoms with Gasteiger partial charge in [-0.05, 0) is 37.1 Å². The highest BCUT2D eigenvalue weighted by Gasteiger charge is 2.24. The van der Waals surface area contributed by atoms with E-state index in [2.05, 4.69) is 16.6 Å². The van der Waals surface area contributed by atoms with Crippen LogP contribution in [0.3, 0.4) is 0 Å². The summed E-state index contributed by atoms with van der Waals surface area (Å²) in [5.74, 6) is 6.51. The summed E-state index contributed by atoms with van der Waals surface area (Å²) in [5.41, 5.74) is 3.00. The van der Waals surface area contributed by atoms with Crippen LogP contribution in [0.25, 0.3) is 0 Å². The maximum Gasteiger partial charge on any atom is 0.333 e. The van der Waals surface area contributed by atoms with Gasteiger partial charge in [0.2, 0.25) is 0 Å². The largest absolute Gasteiger partial charge is 0.485 e. The molecule has 0 bridgehead atoms. The van der Waals surface area contributed by atoms with Crippen molar-refractivity contribution in [1.82, 2.24) is 4.72 Å². The van der Waals surface area contributed by atoms with Crippen molar-refractivity contribution in [3.05, 3.63) is 59.2 Å². The van der Waals surface area contributed by atoms with Crippen molar-refractivity contribution >= 4 is 10.3 Å². The average molecular weight is 387 g/mol. The molecule has 2 aromatic carbocycles. The van der Waals surface area contributed by atoms with Crippen molar-refractivity contribution in [2.75, 3.05) is 13.2 Å². The molecule has 1 heterocycles. The van der Waals surface area contributed by atoms with Gasteiger partial charge in [-0.2, -0.15) is 13.1 Å². The summed E-state index contributed by atoms with van der Waals surface area (Å²) in [6.45, 7) is 4.05. The van der Waals surface area contributed by atoms with Gasteiger partial charge in [-0.3, -0.25) is 4.55 Å². The first kappa shape index (κ1) is 19.2. The molecule has 7 heteroatoms. The Bertz CT molecular complexity index is 974. The molecule has 0 fully saturated rings. The maximum atomic E-state index is 10.9. The molecule has 142 valence electrons. The van der Waals surface area contributed by atoms with E-state index in [0.717, 1.165) is 11.1 Å². The summed E-state index contributed by atoms with van der Waals surface area (Å²) in [7, 11) is -4.28. The lowest BCUT2D eigenvalue weighted by molar-refractivity contribution is 0.0911. The van der Waals surface area contributed by atoms with Gasteiger partial charge in [-0.25, -0.2) is 0 Å². The zero-order valence-electron chi connectivity index (χ0n) is 15.1. The van der Waals surface area contributed by atoms with E-state index in [4.69, 9.17) is 14.0 Å². The van der Waals surface area contributed by atoms with Gasteiger partial charge >= 0.3 is 10.3 Å². The van der Waals surface area contributed by atoms with Gasteiger partial charge in [-0.15, -0.1) is 5.92 Å². The van der Waals surface area contributed by atoms with E-state index >= 15 is 0 Å². The number of rotatable bonds is 5. The number of ether oxygens (including phenoxy) is 2. The van der Waals surface area contributed by atoms with E-state index in [1.54, 1.807) is 19.1 Å². The Hall–Kier alpha value is -2.53. The summed E-state index contributed by atoms with van der Waals surface area (Å²) in [5, 5.41) is 0. The second-order valence-electron chi connectivity index (χ2n) is 6.30. The van der Waals surface area contributed by atoms with E-state index in [-0.39, 0.29) is 12.6 Å². The lowest BCUT2D eigenvalue weighted by Crippen LogP contribution is -2.27. The predicted octanol–water partition coefficient (Wildman–Crippen LogP) is 3.01. The molecular weight excluding hydrogens is 366 g/mol. The Morgan fingerprint density at radius 2 is 1.96 bits per heavy atom. The molecule has 2 aromatic rings. The Balaban J connectivity index is 1.78. The summed E-state index contributed by atoms with van der Waals surface area (Å²) < 4.78 is 44.8. The lowest BCUT2D eigenvalue weighted by Gasteiger charge is -2.27. The molecule has 2 atom stereocenters. The topological polar surface area (TPSA) is 84.9 Å². The van der Waals surface area contributed by atoms with Crippen molar-refractivity contribution in [2.45, 2.75) is 25.9 Å². The molecule has 0 aliphatic carbocycles. The Morgan fingerprint density at radius 3 is 2.63 bits per heavy atom. The fourth-order valence-corrected chi connectivity index (χ4v) is 3.24. The van der Waals surface area contributed by atoms with Crippen LogP contribution in [-0.4, -0.2) is 26.1 Å². The number of hydrogen-bond donors (Lipinski definition) is 2. The fraction of sp³-hybridized carbons (Fsp3) is 0.300. The first-order chi connectivity index (χ1) is 12.9. The minimum atomic E-state index is -4.28. The van der Waals surface area contributed by atoms with Crippen molar-refractivity contribution < 1.29 is 22.4 Å². The quantitative estimate of drug-likeness (QED) is 0.609. The van der Waals surface area contributed by atoms with Crippen LogP contribution in [0.4, 0.5) is 0 Å². The lowest BCUT2D eigenvalue weighted by atomic mass is 9.99. The van der Waals surface area contributed by atoms with Crippen LogP contribution in [0.15, 0.2) is 42.5 Å². The van der Waals surface area contributed by atoms with Gasteiger partial charge in [0, 0.05) is 6.54 Å². The van der Waals surface area contributed by atoms with Crippen LogP contribution in [-0.2, 0) is 10.3 Å². The Morgan fingerprint density at radius 1 is 1.22 bits per heavy atom. The molecule has 0 saturated heterocycles. The molecule has 3 rings (SSSR count). The minimum Gasteiger partial charge on any atom is -0.485 e. The van der Waals surface area contributed by atoms with E-state index < -0.39 is 16.2 Å². The maximum absolute atomic E-state index is 10.9. The van der Waals surface area contributed by atoms with Gasteiger partial charge in [0.1, 0.15) is 6.61 Å². The molecule has 6 nitrogen and oxygen atoms in total. The first-order valence-electron chi connectivity index (χ1n) is 8.50. The molecule has 0 aromatic heterocycles. The van der Waals surface area contributed by atoms with Crippen molar-refractivity contribution in [3.63, 3.8) is 0 Å². The molecule has 0 spiro atoms. The third-order valence-corrected chi connectivity index (χ3v) is 4.80. The third kappa shape index (κ3) is 5.01. The molecular formula is C20H21NO5S. The predicted molar refractivity (Wildman–Crippen MR) is 102 cm³/mol. The van der Waals surface area contributed by atoms with E-state index in [1.807, 2.05) is 37.3 Å². The van der Waals surface area contributed by atoms with Crippen molar-refractivity contribution in [3.8, 4) is 23.3 Å². The average Bonchev–Trinajstić information content (AvgIpc) is 2.64. The zero-order chi connectivity index (χ0) is 19.4. The molecule has 1 aliphatic heterocycles. The third-order valence-electron chi connectivity index (χ3n) is 4.27. The van der Waals surface area contributed by atoms with Crippen LogP contribution in [0.2, 0.25) is 0 Å². The molecule has 0 amide bonds. The van der Waals surface area contributed by atoms with Crippen LogP contribution in [0, 0.1) is 18.8 Å². The SMILES string of the molecule is CC#CC(CNS(=O)(=O)O)c1ccc2c(c1)OCC(c1ccc(C)cc1)O2. The highest BCUT2D eigenvalue weighted by molar-refractivity contribution is 7.83. The number of hydrogen-bond acceptors (Lipinski definition) is 4. The molecule has 0 saturated carbocycles. The molecule has 1 aliphatic rings. The fourth-order valence-electron chi connectivity index (χ4n) is 2.86. The van der Waals surface area contributed by atoms with Crippen LogP contribution >= 0.6 is 0 Å². The molecule has 0 radical (unpaired) electrons. The summed E-state index contributed by atoms with van der Waals surface area (Å²) in [6.07, 6.45) is -0.184. The Labute approximate surface area is 159 Å². The number of aryl methyl sites for hydroxylation is 1. The zero-order valence-corrected chi connectivity index (χ0v) is 15.9. The van der Waals surface area contributed by atoms with E-state index in [0.29, 0.717) is 18.1 Å². The first-order valence-corrected chi connectivity index (χ1v) is 9.94. The number of nitrogens with one attached hydrogen (secondary N) is 1. The number of benzene rings is 2. The highest BCUT2D eigenvalue weighted by Crippen LogP contribution is 2.38. The van der Waals surface area contributed by atoms with Gasteiger partial charge in [-0.1, -0.05) is 41.8 Å². The van der Waals surface area contributed by atoms with Crippen LogP contribution < -0.4 is 14.2 Å². The Kier molecular flexibility index (Phi) is 5.71. The van der Waals surface area contributed by atoms with E-state index in [1.165, 1.54) is 5.56 Å². The van der Waals surface area contributed by atoms with Crippen molar-refractivity contribution in [1.29, 1.82) is 0 Å².